The SMILES string of the molecule is CN(C)S(=O)(=O)N(CC(=O)N(Cc1ccc(F)cc1)C(Cc1ccccc1)C(=O)NC1CCCCC1)c1ccccc1. The molecule has 0 aliphatic heterocycles. The number of para-hydroxylation sites is 1. The van der Waals surface area contributed by atoms with E-state index < -0.39 is 34.5 Å². The Labute approximate surface area is 248 Å². The zero-order valence-electron chi connectivity index (χ0n) is 24.2. The maximum atomic E-state index is 14.2. The van der Waals surface area contributed by atoms with Gasteiger partial charge in [-0.1, -0.05) is 79.9 Å². The van der Waals surface area contributed by atoms with E-state index >= 15 is 0 Å². The number of carbonyl (C=O) groups is 2. The molecule has 4 rings (SSSR count). The number of nitrogens with zero attached hydrogens (tertiary/aromatic N) is 3. The number of anilines is 1. The number of amides is 2. The van der Waals surface area contributed by atoms with Crippen LogP contribution in [0.3, 0.4) is 0 Å². The molecule has 0 radical (unpaired) electrons. The van der Waals surface area contributed by atoms with Crippen molar-refractivity contribution in [3.8, 4) is 0 Å². The van der Waals surface area contributed by atoms with E-state index in [9.17, 15) is 22.4 Å². The average molecular weight is 595 g/mol. The highest BCUT2D eigenvalue weighted by Crippen LogP contribution is 2.23. The Hall–Kier alpha value is -3.76. The van der Waals surface area contributed by atoms with Gasteiger partial charge in [-0.25, -0.2) is 8.70 Å². The largest absolute Gasteiger partial charge is 0.352 e. The van der Waals surface area contributed by atoms with Crippen LogP contribution in [0.4, 0.5) is 10.1 Å². The van der Waals surface area contributed by atoms with Gasteiger partial charge in [-0.3, -0.25) is 9.59 Å². The third-order valence-corrected chi connectivity index (χ3v) is 9.37. The molecule has 1 unspecified atom stereocenters. The fourth-order valence-electron chi connectivity index (χ4n) is 5.20. The van der Waals surface area contributed by atoms with Crippen molar-refractivity contribution in [3.05, 3.63) is 102 Å². The number of benzene rings is 3. The molecule has 1 fully saturated rings. The molecule has 0 bridgehead atoms. The third-order valence-electron chi connectivity index (χ3n) is 7.55. The zero-order valence-corrected chi connectivity index (χ0v) is 25.0. The Morgan fingerprint density at radius 2 is 1.45 bits per heavy atom. The first-order chi connectivity index (χ1) is 20.1. The van der Waals surface area contributed by atoms with Crippen LogP contribution in [0.5, 0.6) is 0 Å². The Morgan fingerprint density at radius 1 is 0.857 bits per heavy atom. The molecule has 2 amide bonds. The monoisotopic (exact) mass is 594 g/mol. The summed E-state index contributed by atoms with van der Waals surface area (Å²) in [5, 5.41) is 3.17. The quantitative estimate of drug-likeness (QED) is 0.334. The Kier molecular flexibility index (Phi) is 10.7. The number of hydrogen-bond donors (Lipinski definition) is 1. The standard InChI is InChI=1S/C32H39FN4O4S/c1-35(2)42(40,41)37(29-16-10-5-11-17-29)24-31(38)36(23-26-18-20-27(33)21-19-26)30(22-25-12-6-3-7-13-25)32(39)34-28-14-8-4-9-15-28/h3,5-7,10-13,16-21,28,30H,4,8-9,14-15,22-24H2,1-2H3,(H,34,39). The van der Waals surface area contributed by atoms with Crippen molar-refractivity contribution < 1.29 is 22.4 Å². The molecule has 0 aromatic heterocycles. The van der Waals surface area contributed by atoms with Crippen LogP contribution in [0.25, 0.3) is 0 Å². The normalized spacial score (nSPS) is 14.8. The topological polar surface area (TPSA) is 90.0 Å². The first-order valence-electron chi connectivity index (χ1n) is 14.3. The van der Waals surface area contributed by atoms with Crippen molar-refractivity contribution in [2.75, 3.05) is 24.9 Å². The van der Waals surface area contributed by atoms with Crippen LogP contribution in [0.2, 0.25) is 0 Å². The van der Waals surface area contributed by atoms with E-state index in [4.69, 9.17) is 0 Å². The van der Waals surface area contributed by atoms with Gasteiger partial charge in [-0.2, -0.15) is 12.7 Å². The van der Waals surface area contributed by atoms with Crippen LogP contribution in [-0.2, 0) is 32.8 Å². The summed E-state index contributed by atoms with van der Waals surface area (Å²) in [5.74, 6) is -1.25. The minimum Gasteiger partial charge on any atom is -0.352 e. The van der Waals surface area contributed by atoms with Crippen molar-refractivity contribution in [1.29, 1.82) is 0 Å². The number of halogens is 1. The van der Waals surface area contributed by atoms with Gasteiger partial charge in [0.2, 0.25) is 11.8 Å². The second-order valence-corrected chi connectivity index (χ2v) is 12.9. The summed E-state index contributed by atoms with van der Waals surface area (Å²) in [5.41, 5.74) is 1.81. The summed E-state index contributed by atoms with van der Waals surface area (Å²) in [6, 6.07) is 22.7. The molecule has 10 heteroatoms. The molecular formula is C32H39FN4O4S. The molecule has 3 aromatic carbocycles. The molecule has 8 nitrogen and oxygen atoms in total. The van der Waals surface area contributed by atoms with E-state index in [1.165, 1.54) is 31.1 Å². The van der Waals surface area contributed by atoms with E-state index in [2.05, 4.69) is 5.32 Å². The van der Waals surface area contributed by atoms with Gasteiger partial charge in [0.25, 0.3) is 0 Å². The van der Waals surface area contributed by atoms with Crippen LogP contribution >= 0.6 is 0 Å². The van der Waals surface area contributed by atoms with Gasteiger partial charge in [0.1, 0.15) is 18.4 Å². The summed E-state index contributed by atoms with van der Waals surface area (Å²) in [7, 11) is -1.25. The maximum Gasteiger partial charge on any atom is 0.304 e. The minimum absolute atomic E-state index is 0.000653. The van der Waals surface area contributed by atoms with E-state index in [1.807, 2.05) is 30.3 Å². The van der Waals surface area contributed by atoms with Gasteiger partial charge in [0.05, 0.1) is 5.69 Å². The van der Waals surface area contributed by atoms with Gasteiger partial charge in [0.15, 0.2) is 0 Å². The lowest BCUT2D eigenvalue weighted by Gasteiger charge is -2.35. The van der Waals surface area contributed by atoms with Crippen LogP contribution in [0, 0.1) is 5.82 Å². The summed E-state index contributed by atoms with van der Waals surface area (Å²) in [6.45, 7) is -0.521. The molecule has 42 heavy (non-hydrogen) atoms. The summed E-state index contributed by atoms with van der Waals surface area (Å²) in [6.07, 6.45) is 5.17. The average Bonchev–Trinajstić information content (AvgIpc) is 2.99. The smallest absolute Gasteiger partial charge is 0.304 e. The van der Waals surface area contributed by atoms with Crippen molar-refractivity contribution >= 4 is 27.7 Å². The molecule has 224 valence electrons. The maximum absolute atomic E-state index is 14.2. The first-order valence-corrected chi connectivity index (χ1v) is 15.7. The van der Waals surface area contributed by atoms with Crippen molar-refractivity contribution in [2.24, 2.45) is 0 Å². The molecule has 1 aliphatic carbocycles. The first kappa shape index (κ1) is 31.2. The highest BCUT2D eigenvalue weighted by molar-refractivity contribution is 7.90. The Morgan fingerprint density at radius 3 is 2.05 bits per heavy atom. The highest BCUT2D eigenvalue weighted by atomic mass is 32.2. The van der Waals surface area contributed by atoms with Crippen molar-refractivity contribution in [1.82, 2.24) is 14.5 Å². The van der Waals surface area contributed by atoms with Crippen LogP contribution in [-0.4, -0.2) is 62.2 Å². The second kappa shape index (κ2) is 14.4. The van der Waals surface area contributed by atoms with Gasteiger partial charge in [-0.15, -0.1) is 0 Å². The molecule has 1 N–H and O–H groups in total. The van der Waals surface area contributed by atoms with E-state index in [0.717, 1.165) is 46.3 Å². The molecule has 3 aromatic rings. The summed E-state index contributed by atoms with van der Waals surface area (Å²) < 4.78 is 42.7. The fraction of sp³-hybridized carbons (Fsp3) is 0.375. The predicted molar refractivity (Wildman–Crippen MR) is 162 cm³/mol. The lowest BCUT2D eigenvalue weighted by atomic mass is 9.94. The van der Waals surface area contributed by atoms with Crippen molar-refractivity contribution in [3.63, 3.8) is 0 Å². The molecule has 0 saturated heterocycles. The number of carbonyl (C=O) groups excluding carboxylic acids is 2. The van der Waals surface area contributed by atoms with Gasteiger partial charge < -0.3 is 10.2 Å². The molecule has 1 aliphatic rings. The van der Waals surface area contributed by atoms with Crippen LogP contribution in [0.1, 0.15) is 43.2 Å². The number of rotatable bonds is 12. The minimum atomic E-state index is -4.06. The van der Waals surface area contributed by atoms with Crippen LogP contribution in [0.15, 0.2) is 84.9 Å². The Bertz CT molecular complexity index is 1410. The molecule has 1 atom stereocenters. The predicted octanol–water partition coefficient (Wildman–Crippen LogP) is 4.53. The van der Waals surface area contributed by atoms with Crippen LogP contribution < -0.4 is 9.62 Å². The zero-order chi connectivity index (χ0) is 30.1. The summed E-state index contributed by atoms with van der Waals surface area (Å²) in [4.78, 5) is 29.6. The summed E-state index contributed by atoms with van der Waals surface area (Å²) >= 11 is 0. The van der Waals surface area contributed by atoms with E-state index in [0.29, 0.717) is 11.3 Å². The lowest BCUT2D eigenvalue weighted by molar-refractivity contribution is -0.140. The van der Waals surface area contributed by atoms with Gasteiger partial charge in [-0.05, 0) is 48.2 Å². The van der Waals surface area contributed by atoms with E-state index in [1.54, 1.807) is 42.5 Å². The highest BCUT2D eigenvalue weighted by Gasteiger charge is 2.35. The van der Waals surface area contributed by atoms with Gasteiger partial charge >= 0.3 is 10.2 Å². The molecular weight excluding hydrogens is 555 g/mol. The Balaban J connectivity index is 1.73. The van der Waals surface area contributed by atoms with Crippen molar-refractivity contribution in [2.45, 2.75) is 57.2 Å². The molecule has 0 heterocycles. The third kappa shape index (κ3) is 8.17. The number of hydrogen-bond acceptors (Lipinski definition) is 4. The lowest BCUT2D eigenvalue weighted by Crippen LogP contribution is -2.55. The molecule has 1 saturated carbocycles. The second-order valence-electron chi connectivity index (χ2n) is 10.8. The number of nitrogens with one attached hydrogen (secondary N) is 1. The molecule has 0 spiro atoms. The van der Waals surface area contributed by atoms with Gasteiger partial charge in [0, 0.05) is 33.1 Å². The van der Waals surface area contributed by atoms with E-state index in [-0.39, 0.29) is 24.9 Å². The fourth-order valence-corrected chi connectivity index (χ4v) is 6.25.